The van der Waals surface area contributed by atoms with Crippen LogP contribution in [0.3, 0.4) is 0 Å². The first-order valence-corrected chi connectivity index (χ1v) is 6.58. The van der Waals surface area contributed by atoms with Crippen molar-refractivity contribution >= 4 is 18.5 Å². The number of hydrogen-bond donors (Lipinski definition) is 1. The lowest BCUT2D eigenvalue weighted by Crippen LogP contribution is -2.25. The summed E-state index contributed by atoms with van der Waals surface area (Å²) in [6, 6.07) is 0. The minimum Gasteiger partial charge on any atom is -0.343 e. The van der Waals surface area contributed by atoms with Crippen molar-refractivity contribution in [3.05, 3.63) is 0 Å². The van der Waals surface area contributed by atoms with Crippen molar-refractivity contribution < 1.29 is 4.79 Å². The van der Waals surface area contributed by atoms with E-state index >= 15 is 0 Å². The molecule has 0 saturated carbocycles. The summed E-state index contributed by atoms with van der Waals surface area (Å²) < 4.78 is 0. The van der Waals surface area contributed by atoms with Gasteiger partial charge in [0.25, 0.3) is 0 Å². The smallest absolute Gasteiger partial charge is 0.222 e. The summed E-state index contributed by atoms with van der Waals surface area (Å²) in [4.78, 5) is 13.3. The highest BCUT2D eigenvalue weighted by Gasteiger charge is 2.19. The SMILES string of the molecule is CC(C)C(S)CCCCN1CCCC1=O. The van der Waals surface area contributed by atoms with Gasteiger partial charge in [-0.05, 0) is 25.2 Å². The highest BCUT2D eigenvalue weighted by atomic mass is 32.1. The predicted octanol–water partition coefficient (Wildman–Crippen LogP) is 2.73. The molecule has 0 spiro atoms. The number of carbonyl (C=O) groups is 1. The molecule has 1 aliphatic rings. The van der Waals surface area contributed by atoms with Crippen LogP contribution >= 0.6 is 12.6 Å². The third-order valence-electron chi connectivity index (χ3n) is 3.12. The second kappa shape index (κ2) is 6.41. The zero-order chi connectivity index (χ0) is 11.3. The number of unbranched alkanes of at least 4 members (excludes halogenated alkanes) is 1. The molecule has 0 aliphatic carbocycles. The van der Waals surface area contributed by atoms with E-state index in [0.717, 1.165) is 32.4 Å². The van der Waals surface area contributed by atoms with Gasteiger partial charge in [0.15, 0.2) is 0 Å². The summed E-state index contributed by atoms with van der Waals surface area (Å²) in [5, 5.41) is 0.513. The molecule has 0 bridgehead atoms. The fourth-order valence-electron chi connectivity index (χ4n) is 1.93. The van der Waals surface area contributed by atoms with Crippen LogP contribution in [0.25, 0.3) is 0 Å². The molecule has 1 aliphatic heterocycles. The van der Waals surface area contributed by atoms with Gasteiger partial charge >= 0.3 is 0 Å². The molecular weight excluding hydrogens is 206 g/mol. The summed E-state index contributed by atoms with van der Waals surface area (Å²) in [5.41, 5.74) is 0. The summed E-state index contributed by atoms with van der Waals surface area (Å²) >= 11 is 4.54. The van der Waals surface area contributed by atoms with Gasteiger partial charge in [0.2, 0.25) is 5.91 Å². The Morgan fingerprint density at radius 1 is 1.40 bits per heavy atom. The first-order chi connectivity index (χ1) is 7.11. The van der Waals surface area contributed by atoms with Crippen molar-refractivity contribution in [3.8, 4) is 0 Å². The largest absolute Gasteiger partial charge is 0.343 e. The predicted molar refractivity (Wildman–Crippen MR) is 67.3 cm³/mol. The monoisotopic (exact) mass is 229 g/mol. The van der Waals surface area contributed by atoms with Crippen LogP contribution in [0.5, 0.6) is 0 Å². The number of amides is 1. The van der Waals surface area contributed by atoms with Gasteiger partial charge < -0.3 is 4.90 Å². The lowest BCUT2D eigenvalue weighted by molar-refractivity contribution is -0.127. The molecule has 1 heterocycles. The van der Waals surface area contributed by atoms with Gasteiger partial charge in [0, 0.05) is 24.8 Å². The van der Waals surface area contributed by atoms with Crippen LogP contribution < -0.4 is 0 Å². The van der Waals surface area contributed by atoms with Gasteiger partial charge in [0.05, 0.1) is 0 Å². The molecule has 0 aromatic rings. The Morgan fingerprint density at radius 2 is 2.13 bits per heavy atom. The van der Waals surface area contributed by atoms with Crippen LogP contribution in [0.1, 0.15) is 46.0 Å². The van der Waals surface area contributed by atoms with Gasteiger partial charge in [-0.3, -0.25) is 4.79 Å². The Hall–Kier alpha value is -0.180. The Labute approximate surface area is 98.8 Å². The van der Waals surface area contributed by atoms with Crippen molar-refractivity contribution in [2.24, 2.45) is 5.92 Å². The highest BCUT2D eigenvalue weighted by molar-refractivity contribution is 7.81. The molecule has 15 heavy (non-hydrogen) atoms. The van der Waals surface area contributed by atoms with Gasteiger partial charge in [-0.25, -0.2) is 0 Å². The fraction of sp³-hybridized carbons (Fsp3) is 0.917. The van der Waals surface area contributed by atoms with Crippen LogP contribution in [0.2, 0.25) is 0 Å². The van der Waals surface area contributed by atoms with Gasteiger partial charge in [0.1, 0.15) is 0 Å². The maximum absolute atomic E-state index is 11.3. The number of rotatable bonds is 6. The average Bonchev–Trinajstić information content (AvgIpc) is 2.58. The normalized spacial score (nSPS) is 18.9. The lowest BCUT2D eigenvalue weighted by Gasteiger charge is -2.17. The molecule has 1 fully saturated rings. The molecule has 1 saturated heterocycles. The molecule has 1 unspecified atom stereocenters. The highest BCUT2D eigenvalue weighted by Crippen LogP contribution is 2.17. The van der Waals surface area contributed by atoms with Gasteiger partial charge in [-0.15, -0.1) is 0 Å². The van der Waals surface area contributed by atoms with Crippen molar-refractivity contribution in [1.82, 2.24) is 4.90 Å². The van der Waals surface area contributed by atoms with Crippen LogP contribution in [0.4, 0.5) is 0 Å². The molecule has 2 nitrogen and oxygen atoms in total. The molecule has 0 aromatic heterocycles. The molecule has 1 atom stereocenters. The van der Waals surface area contributed by atoms with Gasteiger partial charge in [-0.2, -0.15) is 12.6 Å². The summed E-state index contributed by atoms with van der Waals surface area (Å²) in [6.07, 6.45) is 5.32. The third kappa shape index (κ3) is 4.45. The fourth-order valence-corrected chi connectivity index (χ4v) is 2.11. The molecule has 0 N–H and O–H groups in total. The molecule has 0 radical (unpaired) electrons. The minimum absolute atomic E-state index is 0.348. The van der Waals surface area contributed by atoms with Crippen molar-refractivity contribution in [2.75, 3.05) is 13.1 Å². The maximum Gasteiger partial charge on any atom is 0.222 e. The lowest BCUT2D eigenvalue weighted by atomic mass is 10.0. The maximum atomic E-state index is 11.3. The molecule has 1 rings (SSSR count). The Bertz CT molecular complexity index is 206. The molecule has 0 aromatic carbocycles. The number of likely N-dealkylation sites (tertiary alicyclic amines) is 1. The topological polar surface area (TPSA) is 20.3 Å². The van der Waals surface area contributed by atoms with Crippen molar-refractivity contribution in [3.63, 3.8) is 0 Å². The van der Waals surface area contributed by atoms with Crippen LogP contribution in [-0.4, -0.2) is 29.1 Å². The van der Waals surface area contributed by atoms with Crippen LogP contribution in [-0.2, 0) is 4.79 Å². The van der Waals surface area contributed by atoms with Crippen molar-refractivity contribution in [1.29, 1.82) is 0 Å². The van der Waals surface area contributed by atoms with E-state index in [1.54, 1.807) is 0 Å². The minimum atomic E-state index is 0.348. The van der Waals surface area contributed by atoms with Crippen LogP contribution in [0, 0.1) is 5.92 Å². The van der Waals surface area contributed by atoms with Crippen LogP contribution in [0.15, 0.2) is 0 Å². The van der Waals surface area contributed by atoms with Gasteiger partial charge in [-0.1, -0.05) is 20.3 Å². The second-order valence-corrected chi connectivity index (χ2v) is 5.45. The summed E-state index contributed by atoms with van der Waals surface area (Å²) in [7, 11) is 0. The zero-order valence-corrected chi connectivity index (χ0v) is 10.8. The summed E-state index contributed by atoms with van der Waals surface area (Å²) in [5.74, 6) is 1.00. The first-order valence-electron chi connectivity index (χ1n) is 6.07. The first kappa shape index (κ1) is 12.9. The summed E-state index contributed by atoms with van der Waals surface area (Å²) in [6.45, 7) is 6.36. The number of hydrogen-bond acceptors (Lipinski definition) is 2. The van der Waals surface area contributed by atoms with E-state index in [1.807, 2.05) is 4.90 Å². The number of thiol groups is 1. The average molecular weight is 229 g/mol. The molecule has 1 amide bonds. The quantitative estimate of drug-likeness (QED) is 0.548. The van der Waals surface area contributed by atoms with E-state index in [0.29, 0.717) is 17.1 Å². The third-order valence-corrected chi connectivity index (χ3v) is 3.97. The Morgan fingerprint density at radius 3 is 2.67 bits per heavy atom. The van der Waals surface area contributed by atoms with Crippen molar-refractivity contribution in [2.45, 2.75) is 51.2 Å². The molecular formula is C12H23NOS. The van der Waals surface area contributed by atoms with E-state index in [-0.39, 0.29) is 0 Å². The second-order valence-electron chi connectivity index (χ2n) is 4.79. The van der Waals surface area contributed by atoms with E-state index < -0.39 is 0 Å². The zero-order valence-electron chi connectivity index (χ0n) is 9.91. The molecule has 3 heteroatoms. The van der Waals surface area contributed by atoms with E-state index in [1.165, 1.54) is 12.8 Å². The Balaban J connectivity index is 2.04. The van der Waals surface area contributed by atoms with E-state index in [2.05, 4.69) is 26.5 Å². The molecule has 88 valence electrons. The standard InChI is InChI=1S/C12H23NOS/c1-10(2)11(15)6-3-4-8-13-9-5-7-12(13)14/h10-11,15H,3-9H2,1-2H3. The number of nitrogens with zero attached hydrogens (tertiary/aromatic N) is 1. The number of carbonyl (C=O) groups excluding carboxylic acids is 1. The Kier molecular flexibility index (Phi) is 5.51. The van der Waals surface area contributed by atoms with E-state index in [9.17, 15) is 4.79 Å². The van der Waals surface area contributed by atoms with E-state index in [4.69, 9.17) is 0 Å².